The van der Waals surface area contributed by atoms with Gasteiger partial charge in [0.25, 0.3) is 0 Å². The van der Waals surface area contributed by atoms with E-state index in [9.17, 15) is 9.90 Å². The van der Waals surface area contributed by atoms with Gasteiger partial charge in [-0.15, -0.1) is 0 Å². The van der Waals surface area contributed by atoms with Gasteiger partial charge in [0.2, 0.25) is 0 Å². The number of aryl methyl sites for hydroxylation is 1. The van der Waals surface area contributed by atoms with Crippen LogP contribution < -0.4 is 5.73 Å². The molecule has 1 fully saturated rings. The summed E-state index contributed by atoms with van der Waals surface area (Å²) in [5, 5.41) is 9.28. The number of aromatic nitrogens is 2. The fourth-order valence-corrected chi connectivity index (χ4v) is 2.27. The Bertz CT molecular complexity index is 380. The van der Waals surface area contributed by atoms with Crippen LogP contribution in [0.15, 0.2) is 12.4 Å². The number of hydrogen-bond acceptors (Lipinski definition) is 3. The fraction of sp³-hybridized carbons (Fsp3) is 0.600. The predicted molar refractivity (Wildman–Crippen MR) is 54.4 cm³/mol. The summed E-state index contributed by atoms with van der Waals surface area (Å²) in [5.74, 6) is -0.177. The van der Waals surface area contributed by atoms with Crippen LogP contribution in [0, 0.1) is 0 Å². The van der Waals surface area contributed by atoms with Crippen molar-refractivity contribution in [3.63, 3.8) is 0 Å². The van der Waals surface area contributed by atoms with Crippen molar-refractivity contribution in [2.24, 2.45) is 5.73 Å². The molecule has 0 saturated heterocycles. The number of carboxylic acid groups (broad SMARTS) is 1. The molecule has 0 atom stereocenters. The van der Waals surface area contributed by atoms with Crippen molar-refractivity contribution in [3.8, 4) is 0 Å². The van der Waals surface area contributed by atoms with Crippen molar-refractivity contribution >= 4 is 5.97 Å². The van der Waals surface area contributed by atoms with Gasteiger partial charge in [-0.3, -0.25) is 4.79 Å². The van der Waals surface area contributed by atoms with E-state index in [1.165, 1.54) is 0 Å². The Balaban J connectivity index is 2.38. The minimum absolute atomic E-state index is 0.0110. The quantitative estimate of drug-likeness (QED) is 0.752. The second kappa shape index (κ2) is 3.34. The Kier molecular flexibility index (Phi) is 2.26. The van der Waals surface area contributed by atoms with E-state index in [2.05, 4.69) is 4.98 Å². The van der Waals surface area contributed by atoms with Crippen LogP contribution >= 0.6 is 0 Å². The molecule has 0 spiro atoms. The van der Waals surface area contributed by atoms with E-state index in [0.29, 0.717) is 18.7 Å². The molecule has 1 heterocycles. The Morgan fingerprint density at radius 3 is 2.93 bits per heavy atom. The van der Waals surface area contributed by atoms with E-state index in [4.69, 9.17) is 5.73 Å². The summed E-state index contributed by atoms with van der Waals surface area (Å²) in [6.07, 6.45) is 4.43. The first-order chi connectivity index (χ1) is 7.10. The number of carbonyl (C=O) groups is 1. The number of imidazole rings is 1. The normalized spacial score (nSPS) is 29.9. The third-order valence-corrected chi connectivity index (χ3v) is 3.11. The maximum absolute atomic E-state index is 11.3. The largest absolute Gasteiger partial charge is 0.480 e. The lowest BCUT2D eigenvalue weighted by molar-refractivity contribution is -0.148. The highest BCUT2D eigenvalue weighted by molar-refractivity contribution is 5.82. The lowest BCUT2D eigenvalue weighted by atomic mass is 9.65. The first-order valence-corrected chi connectivity index (χ1v) is 5.10. The average molecular weight is 209 g/mol. The van der Waals surface area contributed by atoms with E-state index >= 15 is 0 Å². The molecule has 0 radical (unpaired) electrons. The van der Waals surface area contributed by atoms with Gasteiger partial charge in [-0.25, -0.2) is 4.98 Å². The van der Waals surface area contributed by atoms with Crippen LogP contribution in [0.3, 0.4) is 0 Å². The van der Waals surface area contributed by atoms with Gasteiger partial charge >= 0.3 is 5.97 Å². The van der Waals surface area contributed by atoms with Gasteiger partial charge in [0, 0.05) is 25.0 Å². The van der Waals surface area contributed by atoms with Crippen LogP contribution in [0.1, 0.15) is 25.6 Å². The smallest absolute Gasteiger partial charge is 0.317 e. The predicted octanol–water partition coefficient (Wildman–Crippen LogP) is 0.346. The van der Waals surface area contributed by atoms with Crippen LogP contribution in [0.25, 0.3) is 0 Å². The molecule has 3 N–H and O–H groups in total. The minimum Gasteiger partial charge on any atom is -0.480 e. The molecule has 1 saturated carbocycles. The molecule has 5 nitrogen and oxygen atoms in total. The molecule has 0 aromatic carbocycles. The molecule has 0 amide bonds. The van der Waals surface area contributed by atoms with Crippen LogP contribution in [0.4, 0.5) is 0 Å². The lowest BCUT2D eigenvalue weighted by Gasteiger charge is -2.41. The summed E-state index contributed by atoms with van der Waals surface area (Å²) in [6.45, 7) is 2.71. The maximum atomic E-state index is 11.3. The zero-order chi connectivity index (χ0) is 11.1. The topological polar surface area (TPSA) is 81.1 Å². The number of carboxylic acids is 1. The van der Waals surface area contributed by atoms with E-state index in [-0.39, 0.29) is 6.04 Å². The highest BCUT2D eigenvalue weighted by atomic mass is 16.4. The molecule has 0 bridgehead atoms. The van der Waals surface area contributed by atoms with Crippen molar-refractivity contribution in [2.75, 3.05) is 0 Å². The van der Waals surface area contributed by atoms with Crippen LogP contribution in [0.2, 0.25) is 0 Å². The van der Waals surface area contributed by atoms with Crippen molar-refractivity contribution in [1.82, 2.24) is 9.55 Å². The fourth-order valence-electron chi connectivity index (χ4n) is 2.27. The number of rotatable bonds is 3. The zero-order valence-electron chi connectivity index (χ0n) is 8.68. The number of nitrogens with zero attached hydrogens (tertiary/aromatic N) is 2. The second-order valence-electron chi connectivity index (χ2n) is 4.09. The Hall–Kier alpha value is -1.36. The van der Waals surface area contributed by atoms with Gasteiger partial charge < -0.3 is 15.4 Å². The van der Waals surface area contributed by atoms with Crippen molar-refractivity contribution in [2.45, 2.75) is 37.8 Å². The molecule has 1 aromatic rings. The van der Waals surface area contributed by atoms with Crippen molar-refractivity contribution in [3.05, 3.63) is 18.2 Å². The van der Waals surface area contributed by atoms with E-state index in [0.717, 1.165) is 6.54 Å². The molecule has 5 heteroatoms. The standard InChI is InChI=1S/C10H15N3O2/c1-2-13-4-3-12-8(13)10(9(14)15)5-7(11)6-10/h3-4,7H,2,5-6,11H2,1H3,(H,14,15). The second-order valence-corrected chi connectivity index (χ2v) is 4.09. The first-order valence-electron chi connectivity index (χ1n) is 5.10. The molecule has 1 aliphatic carbocycles. The van der Waals surface area contributed by atoms with Gasteiger partial charge in [0.15, 0.2) is 0 Å². The van der Waals surface area contributed by atoms with Gasteiger partial charge in [-0.1, -0.05) is 0 Å². The Morgan fingerprint density at radius 2 is 2.47 bits per heavy atom. The molecule has 15 heavy (non-hydrogen) atoms. The molecule has 2 rings (SSSR count). The van der Waals surface area contributed by atoms with E-state index in [1.807, 2.05) is 17.7 Å². The summed E-state index contributed by atoms with van der Waals surface area (Å²) in [5.41, 5.74) is 4.84. The zero-order valence-corrected chi connectivity index (χ0v) is 8.68. The summed E-state index contributed by atoms with van der Waals surface area (Å²) >= 11 is 0. The lowest BCUT2D eigenvalue weighted by Crippen LogP contribution is -2.55. The summed E-state index contributed by atoms with van der Waals surface area (Å²) in [7, 11) is 0. The van der Waals surface area contributed by atoms with Crippen molar-refractivity contribution in [1.29, 1.82) is 0 Å². The minimum atomic E-state index is -0.848. The highest BCUT2D eigenvalue weighted by Gasteiger charge is 2.53. The molecule has 1 aliphatic rings. The highest BCUT2D eigenvalue weighted by Crippen LogP contribution is 2.42. The molecular formula is C10H15N3O2. The van der Waals surface area contributed by atoms with E-state index in [1.54, 1.807) is 6.20 Å². The van der Waals surface area contributed by atoms with Gasteiger partial charge in [-0.2, -0.15) is 0 Å². The van der Waals surface area contributed by atoms with Crippen LogP contribution in [-0.4, -0.2) is 26.7 Å². The monoisotopic (exact) mass is 209 g/mol. The van der Waals surface area contributed by atoms with Gasteiger partial charge in [0.05, 0.1) is 0 Å². The summed E-state index contributed by atoms with van der Waals surface area (Å²) < 4.78 is 1.88. The van der Waals surface area contributed by atoms with Crippen LogP contribution in [0.5, 0.6) is 0 Å². The number of hydrogen-bond donors (Lipinski definition) is 2. The summed E-state index contributed by atoms with van der Waals surface area (Å²) in [4.78, 5) is 15.5. The molecule has 0 aliphatic heterocycles. The van der Waals surface area contributed by atoms with Crippen molar-refractivity contribution < 1.29 is 9.90 Å². The number of aliphatic carboxylic acids is 1. The van der Waals surface area contributed by atoms with Gasteiger partial charge in [0.1, 0.15) is 11.2 Å². The third-order valence-electron chi connectivity index (χ3n) is 3.11. The SMILES string of the molecule is CCn1ccnc1C1(C(=O)O)CC(N)C1. The molecule has 1 aromatic heterocycles. The Morgan fingerprint density at radius 1 is 1.80 bits per heavy atom. The number of nitrogens with two attached hydrogens (primary N) is 1. The third kappa shape index (κ3) is 1.34. The Labute approximate surface area is 87.9 Å². The maximum Gasteiger partial charge on any atom is 0.317 e. The molecule has 82 valence electrons. The molecule has 0 unspecified atom stereocenters. The first kappa shape index (κ1) is 10.2. The van der Waals surface area contributed by atoms with Crippen LogP contribution in [-0.2, 0) is 16.8 Å². The molecular weight excluding hydrogens is 194 g/mol. The average Bonchev–Trinajstić information content (AvgIpc) is 2.59. The van der Waals surface area contributed by atoms with E-state index < -0.39 is 11.4 Å². The van der Waals surface area contributed by atoms with Gasteiger partial charge in [-0.05, 0) is 19.8 Å². The summed E-state index contributed by atoms with van der Waals surface area (Å²) in [6, 6.07) is -0.0110.